The van der Waals surface area contributed by atoms with E-state index in [2.05, 4.69) is 4.98 Å². The van der Waals surface area contributed by atoms with E-state index in [-0.39, 0.29) is 22.9 Å². The van der Waals surface area contributed by atoms with Gasteiger partial charge in [0.25, 0.3) is 5.91 Å². The SMILES string of the molecule is CC(C)c1nc2c(o1)CCN(C(=O)c1cc(S(N)(=O)=O)ccc1F)C2. The Kier molecular flexibility index (Phi) is 4.38. The van der Waals surface area contributed by atoms with Crippen LogP contribution >= 0.6 is 0 Å². The summed E-state index contributed by atoms with van der Waals surface area (Å²) in [5.74, 6) is 0.0424. The Morgan fingerprint density at radius 3 is 2.76 bits per heavy atom. The summed E-state index contributed by atoms with van der Waals surface area (Å²) in [6.45, 7) is 4.42. The molecule has 9 heteroatoms. The van der Waals surface area contributed by atoms with Gasteiger partial charge in [0.1, 0.15) is 17.3 Å². The van der Waals surface area contributed by atoms with Gasteiger partial charge in [0.15, 0.2) is 5.89 Å². The molecule has 0 fully saturated rings. The molecule has 2 heterocycles. The van der Waals surface area contributed by atoms with Gasteiger partial charge >= 0.3 is 0 Å². The van der Waals surface area contributed by atoms with Crippen LogP contribution in [0.3, 0.4) is 0 Å². The molecule has 1 aliphatic rings. The van der Waals surface area contributed by atoms with Gasteiger partial charge in [-0.1, -0.05) is 13.8 Å². The number of amides is 1. The molecule has 0 spiro atoms. The number of halogens is 1. The van der Waals surface area contributed by atoms with Gasteiger partial charge in [-0.25, -0.2) is 22.9 Å². The second-order valence-electron chi connectivity index (χ2n) is 6.24. The molecule has 2 N–H and O–H groups in total. The third-order valence-corrected chi connectivity index (χ3v) is 4.93. The van der Waals surface area contributed by atoms with Gasteiger partial charge in [-0.15, -0.1) is 0 Å². The summed E-state index contributed by atoms with van der Waals surface area (Å²) in [6, 6.07) is 2.92. The fourth-order valence-electron chi connectivity index (χ4n) is 2.65. The van der Waals surface area contributed by atoms with Crippen molar-refractivity contribution in [3.05, 3.63) is 46.9 Å². The summed E-state index contributed by atoms with van der Waals surface area (Å²) >= 11 is 0. The van der Waals surface area contributed by atoms with Crippen molar-refractivity contribution in [2.45, 2.75) is 37.6 Å². The Balaban J connectivity index is 1.89. The molecule has 1 aromatic carbocycles. The fraction of sp³-hybridized carbons (Fsp3) is 0.375. The number of rotatable bonds is 3. The van der Waals surface area contributed by atoms with Gasteiger partial charge in [-0.3, -0.25) is 4.79 Å². The molecule has 0 aliphatic carbocycles. The van der Waals surface area contributed by atoms with E-state index in [1.165, 1.54) is 4.90 Å². The Bertz CT molecular complexity index is 937. The Labute approximate surface area is 144 Å². The van der Waals surface area contributed by atoms with Crippen LogP contribution in [0, 0.1) is 5.82 Å². The Hall–Kier alpha value is -2.26. The van der Waals surface area contributed by atoms with E-state index in [0.29, 0.717) is 24.6 Å². The first-order valence-electron chi connectivity index (χ1n) is 7.77. The van der Waals surface area contributed by atoms with Crippen LogP contribution in [0.15, 0.2) is 27.5 Å². The highest BCUT2D eigenvalue weighted by atomic mass is 32.2. The van der Waals surface area contributed by atoms with E-state index in [1.54, 1.807) is 0 Å². The number of carbonyl (C=O) groups is 1. The molecule has 134 valence electrons. The van der Waals surface area contributed by atoms with Crippen LogP contribution < -0.4 is 5.14 Å². The largest absolute Gasteiger partial charge is 0.445 e. The second kappa shape index (κ2) is 6.23. The molecule has 0 bridgehead atoms. The predicted octanol–water partition coefficient (Wildman–Crippen LogP) is 1.78. The molecule has 3 rings (SSSR count). The smallest absolute Gasteiger partial charge is 0.257 e. The lowest BCUT2D eigenvalue weighted by atomic mass is 10.1. The van der Waals surface area contributed by atoms with Crippen LogP contribution in [-0.2, 0) is 23.0 Å². The lowest BCUT2D eigenvalue weighted by Gasteiger charge is -2.25. The highest BCUT2D eigenvalue weighted by Gasteiger charge is 2.28. The molecule has 0 radical (unpaired) electrons. The molecule has 7 nitrogen and oxygen atoms in total. The quantitative estimate of drug-likeness (QED) is 0.890. The van der Waals surface area contributed by atoms with Crippen molar-refractivity contribution in [2.75, 3.05) is 6.54 Å². The number of hydrogen-bond donors (Lipinski definition) is 1. The number of nitrogens with zero attached hydrogens (tertiary/aromatic N) is 2. The first-order valence-corrected chi connectivity index (χ1v) is 9.31. The van der Waals surface area contributed by atoms with Crippen LogP contribution in [0.25, 0.3) is 0 Å². The summed E-state index contributed by atoms with van der Waals surface area (Å²) < 4.78 is 42.6. The predicted molar refractivity (Wildman–Crippen MR) is 86.8 cm³/mol. The van der Waals surface area contributed by atoms with Crippen molar-refractivity contribution < 1.29 is 22.0 Å². The summed E-state index contributed by atoms with van der Waals surface area (Å²) in [5.41, 5.74) is 0.314. The average molecular weight is 367 g/mol. The molecule has 2 aromatic rings. The zero-order valence-corrected chi connectivity index (χ0v) is 14.6. The Morgan fingerprint density at radius 2 is 2.12 bits per heavy atom. The fourth-order valence-corrected chi connectivity index (χ4v) is 3.19. The van der Waals surface area contributed by atoms with Gasteiger partial charge in [0.05, 0.1) is 17.0 Å². The first kappa shape index (κ1) is 17.6. The van der Waals surface area contributed by atoms with E-state index < -0.39 is 21.7 Å². The molecule has 0 saturated carbocycles. The minimum atomic E-state index is -4.03. The maximum atomic E-state index is 14.1. The lowest BCUT2D eigenvalue weighted by molar-refractivity contribution is 0.0723. The maximum absolute atomic E-state index is 14.1. The molecule has 0 atom stereocenters. The molecule has 25 heavy (non-hydrogen) atoms. The average Bonchev–Trinajstić information content (AvgIpc) is 2.97. The monoisotopic (exact) mass is 367 g/mol. The van der Waals surface area contributed by atoms with E-state index >= 15 is 0 Å². The highest BCUT2D eigenvalue weighted by Crippen LogP contribution is 2.25. The van der Waals surface area contributed by atoms with Crippen LogP contribution in [0.5, 0.6) is 0 Å². The standard InChI is InChI=1S/C16H18FN3O4S/c1-9(2)15-19-13-8-20(6-5-14(13)24-15)16(21)11-7-10(25(18,22)23)3-4-12(11)17/h3-4,7,9H,5-6,8H2,1-2H3,(H2,18,22,23). The molecule has 1 aromatic heterocycles. The van der Waals surface area contributed by atoms with Crippen molar-refractivity contribution in [3.8, 4) is 0 Å². The van der Waals surface area contributed by atoms with Gasteiger partial charge in [-0.05, 0) is 18.2 Å². The van der Waals surface area contributed by atoms with Gasteiger partial charge in [0.2, 0.25) is 10.0 Å². The molecular weight excluding hydrogens is 349 g/mol. The van der Waals surface area contributed by atoms with Gasteiger partial charge in [-0.2, -0.15) is 0 Å². The van der Waals surface area contributed by atoms with Crippen molar-refractivity contribution in [2.24, 2.45) is 5.14 Å². The lowest BCUT2D eigenvalue weighted by Crippen LogP contribution is -2.36. The maximum Gasteiger partial charge on any atom is 0.257 e. The molecule has 0 saturated heterocycles. The summed E-state index contributed by atoms with van der Waals surface area (Å²) in [5, 5.41) is 5.05. The summed E-state index contributed by atoms with van der Waals surface area (Å²) in [6.07, 6.45) is 0.470. The normalized spacial score (nSPS) is 14.7. The van der Waals surface area contributed by atoms with Crippen LogP contribution in [0.1, 0.15) is 47.5 Å². The molecule has 0 unspecified atom stereocenters. The Morgan fingerprint density at radius 1 is 1.40 bits per heavy atom. The first-order chi connectivity index (χ1) is 11.7. The van der Waals surface area contributed by atoms with Gasteiger partial charge < -0.3 is 9.32 Å². The van der Waals surface area contributed by atoms with Crippen molar-refractivity contribution in [1.29, 1.82) is 0 Å². The summed E-state index contributed by atoms with van der Waals surface area (Å²) in [4.78, 5) is 18.1. The molecule has 1 amide bonds. The number of aromatic nitrogens is 1. The molecule has 1 aliphatic heterocycles. The zero-order chi connectivity index (χ0) is 18.4. The van der Waals surface area contributed by atoms with Gasteiger partial charge in [0, 0.05) is 18.9 Å². The number of oxazole rings is 1. The van der Waals surface area contributed by atoms with E-state index in [1.807, 2.05) is 13.8 Å². The molecular formula is C16H18FN3O4S. The third-order valence-electron chi connectivity index (χ3n) is 4.02. The topological polar surface area (TPSA) is 106 Å². The van der Waals surface area contributed by atoms with Crippen molar-refractivity contribution in [1.82, 2.24) is 9.88 Å². The number of benzene rings is 1. The van der Waals surface area contributed by atoms with E-state index in [4.69, 9.17) is 9.56 Å². The minimum absolute atomic E-state index is 0.124. The van der Waals surface area contributed by atoms with Crippen molar-refractivity contribution >= 4 is 15.9 Å². The highest BCUT2D eigenvalue weighted by molar-refractivity contribution is 7.89. The van der Waals surface area contributed by atoms with Crippen LogP contribution in [0.4, 0.5) is 4.39 Å². The number of primary sulfonamides is 1. The van der Waals surface area contributed by atoms with E-state index in [0.717, 1.165) is 24.0 Å². The van der Waals surface area contributed by atoms with Crippen LogP contribution in [0.2, 0.25) is 0 Å². The minimum Gasteiger partial charge on any atom is -0.445 e. The number of nitrogens with two attached hydrogens (primary N) is 1. The third kappa shape index (κ3) is 3.42. The number of hydrogen-bond acceptors (Lipinski definition) is 5. The number of sulfonamides is 1. The van der Waals surface area contributed by atoms with Crippen LogP contribution in [-0.4, -0.2) is 30.8 Å². The number of carbonyl (C=O) groups excluding carboxylic acids is 1. The zero-order valence-electron chi connectivity index (χ0n) is 13.8. The summed E-state index contributed by atoms with van der Waals surface area (Å²) in [7, 11) is -4.03. The van der Waals surface area contributed by atoms with Crippen molar-refractivity contribution in [3.63, 3.8) is 0 Å². The second-order valence-corrected chi connectivity index (χ2v) is 7.80. The van der Waals surface area contributed by atoms with E-state index in [9.17, 15) is 17.6 Å². The number of fused-ring (bicyclic) bond motifs is 1.